The summed E-state index contributed by atoms with van der Waals surface area (Å²) in [6.45, 7) is 3.36. The van der Waals surface area contributed by atoms with E-state index in [-0.39, 0.29) is 29.4 Å². The Bertz CT molecular complexity index is 1410. The summed E-state index contributed by atoms with van der Waals surface area (Å²) in [4.78, 5) is 16.9. The van der Waals surface area contributed by atoms with Crippen LogP contribution in [0.4, 0.5) is 20.2 Å². The number of hydrogen-bond donors (Lipinski definition) is 0. The smallest absolute Gasteiger partial charge is 0.408 e. The first-order chi connectivity index (χ1) is 17.1. The van der Waals surface area contributed by atoms with E-state index in [0.29, 0.717) is 12.1 Å². The summed E-state index contributed by atoms with van der Waals surface area (Å²) in [6.07, 6.45) is 2.78. The van der Waals surface area contributed by atoms with Gasteiger partial charge in [-0.1, -0.05) is 12.1 Å². The molecule has 5 nitrogen and oxygen atoms in total. The third kappa shape index (κ3) is 4.04. The summed E-state index contributed by atoms with van der Waals surface area (Å²) in [6, 6.07) is 19.3. The second kappa shape index (κ2) is 8.96. The SMILES string of the molecule is O=c1oc2ccccc2n1CCCCN1CC[C@@H]2[C@@H](C1)c1cc(F)ccc1N2c1ccc(F)cc1. The number of piperidine rings is 1. The minimum absolute atomic E-state index is 0.194. The van der Waals surface area contributed by atoms with E-state index in [4.69, 9.17) is 4.42 Å². The number of fused-ring (bicyclic) bond motifs is 4. The lowest BCUT2D eigenvalue weighted by atomic mass is 9.89. The van der Waals surface area contributed by atoms with Crippen molar-refractivity contribution in [3.05, 3.63) is 94.5 Å². The molecule has 3 heterocycles. The van der Waals surface area contributed by atoms with Gasteiger partial charge in [0, 0.05) is 43.0 Å². The standard InChI is InChI=1S/C28H27F2N3O2/c29-19-7-10-21(11-8-19)33-24-12-9-20(30)17-22(24)23-18-31(16-13-25(23)33)14-3-4-15-32-26-5-1-2-6-27(26)35-28(32)34/h1-2,5-12,17,23,25H,3-4,13-16,18H2/t23-,25+/m0/s1. The highest BCUT2D eigenvalue weighted by Crippen LogP contribution is 2.48. The highest BCUT2D eigenvalue weighted by molar-refractivity contribution is 5.73. The monoisotopic (exact) mass is 475 g/mol. The summed E-state index contributed by atoms with van der Waals surface area (Å²) in [7, 11) is 0. The minimum Gasteiger partial charge on any atom is -0.408 e. The quantitative estimate of drug-likeness (QED) is 0.338. The van der Waals surface area contributed by atoms with Gasteiger partial charge in [0.15, 0.2) is 5.58 Å². The molecule has 35 heavy (non-hydrogen) atoms. The van der Waals surface area contributed by atoms with Crippen molar-refractivity contribution in [3.8, 4) is 0 Å². The molecule has 3 aromatic carbocycles. The molecule has 0 bridgehead atoms. The van der Waals surface area contributed by atoms with Gasteiger partial charge < -0.3 is 14.2 Å². The number of nitrogens with zero attached hydrogens (tertiary/aromatic N) is 3. The summed E-state index contributed by atoms with van der Waals surface area (Å²) in [5, 5.41) is 0. The number of halogens is 2. The fourth-order valence-electron chi connectivity index (χ4n) is 5.81. The molecule has 0 N–H and O–H groups in total. The number of aryl methyl sites for hydroxylation is 1. The molecule has 0 amide bonds. The Balaban J connectivity index is 1.14. The Hall–Kier alpha value is -3.45. The average molecular weight is 476 g/mol. The summed E-state index contributed by atoms with van der Waals surface area (Å²) in [5.74, 6) is -0.597. The van der Waals surface area contributed by atoms with Crippen molar-refractivity contribution in [2.24, 2.45) is 0 Å². The van der Waals surface area contributed by atoms with E-state index in [2.05, 4.69) is 9.80 Å². The topological polar surface area (TPSA) is 41.6 Å². The van der Waals surface area contributed by atoms with Crippen molar-refractivity contribution >= 4 is 22.5 Å². The first kappa shape index (κ1) is 22.0. The van der Waals surface area contributed by atoms with Gasteiger partial charge in [0.25, 0.3) is 0 Å². The van der Waals surface area contributed by atoms with Crippen LogP contribution in [0.25, 0.3) is 11.1 Å². The number of unbranched alkanes of at least 4 members (excludes halogenated alkanes) is 1. The molecule has 1 fully saturated rings. The number of likely N-dealkylation sites (tertiary alicyclic amines) is 1. The third-order valence-corrected chi connectivity index (χ3v) is 7.43. The summed E-state index contributed by atoms with van der Waals surface area (Å²) in [5.41, 5.74) is 4.45. The van der Waals surface area contributed by atoms with Gasteiger partial charge in [0.2, 0.25) is 0 Å². The van der Waals surface area contributed by atoms with Gasteiger partial charge >= 0.3 is 5.76 Å². The van der Waals surface area contributed by atoms with Crippen LogP contribution in [-0.4, -0.2) is 35.1 Å². The molecule has 0 radical (unpaired) electrons. The number of para-hydroxylation sites is 2. The van der Waals surface area contributed by atoms with Gasteiger partial charge in [-0.2, -0.15) is 0 Å². The molecular formula is C28H27F2N3O2. The zero-order valence-corrected chi connectivity index (χ0v) is 19.4. The first-order valence-electron chi connectivity index (χ1n) is 12.2. The molecule has 0 saturated carbocycles. The van der Waals surface area contributed by atoms with Crippen LogP contribution in [-0.2, 0) is 6.54 Å². The van der Waals surface area contributed by atoms with Crippen LogP contribution in [0.3, 0.4) is 0 Å². The second-order valence-corrected chi connectivity index (χ2v) is 9.51. The van der Waals surface area contributed by atoms with Crippen molar-refractivity contribution in [1.29, 1.82) is 0 Å². The number of benzene rings is 3. The molecule has 2 atom stereocenters. The molecule has 4 aromatic rings. The van der Waals surface area contributed by atoms with E-state index in [1.807, 2.05) is 30.3 Å². The number of anilines is 2. The number of rotatable bonds is 6. The maximum Gasteiger partial charge on any atom is 0.419 e. The van der Waals surface area contributed by atoms with Crippen molar-refractivity contribution in [1.82, 2.24) is 9.47 Å². The number of oxazole rings is 1. The Morgan fingerprint density at radius 1 is 0.914 bits per heavy atom. The normalized spacial score (nSPS) is 19.8. The van der Waals surface area contributed by atoms with Gasteiger partial charge in [-0.15, -0.1) is 0 Å². The predicted octanol–water partition coefficient (Wildman–Crippen LogP) is 5.66. The molecule has 6 rings (SSSR count). The van der Waals surface area contributed by atoms with Crippen LogP contribution in [0.15, 0.2) is 75.9 Å². The lowest BCUT2D eigenvalue weighted by Crippen LogP contribution is -2.45. The maximum absolute atomic E-state index is 14.2. The van der Waals surface area contributed by atoms with Gasteiger partial charge in [0.05, 0.1) is 5.52 Å². The van der Waals surface area contributed by atoms with Crippen molar-refractivity contribution in [2.75, 3.05) is 24.5 Å². The zero-order valence-electron chi connectivity index (χ0n) is 19.4. The molecule has 0 unspecified atom stereocenters. The maximum atomic E-state index is 14.2. The fraction of sp³-hybridized carbons (Fsp3) is 0.321. The van der Waals surface area contributed by atoms with E-state index in [1.165, 1.54) is 18.2 Å². The minimum atomic E-state index is -0.308. The van der Waals surface area contributed by atoms with Crippen LogP contribution in [0.2, 0.25) is 0 Å². The fourth-order valence-corrected chi connectivity index (χ4v) is 5.81. The van der Waals surface area contributed by atoms with Crippen molar-refractivity contribution < 1.29 is 13.2 Å². The van der Waals surface area contributed by atoms with Gasteiger partial charge in [0.1, 0.15) is 11.6 Å². The molecular weight excluding hydrogens is 448 g/mol. The lowest BCUT2D eigenvalue weighted by Gasteiger charge is -2.39. The van der Waals surface area contributed by atoms with E-state index >= 15 is 0 Å². The largest absolute Gasteiger partial charge is 0.419 e. The second-order valence-electron chi connectivity index (χ2n) is 9.51. The molecule has 1 aromatic heterocycles. The van der Waals surface area contributed by atoms with E-state index < -0.39 is 0 Å². The molecule has 2 aliphatic rings. The van der Waals surface area contributed by atoms with Crippen molar-refractivity contribution in [2.45, 2.75) is 37.8 Å². The van der Waals surface area contributed by atoms with Crippen LogP contribution in [0.1, 0.15) is 30.7 Å². The summed E-state index contributed by atoms with van der Waals surface area (Å²) < 4.78 is 34.8. The lowest BCUT2D eigenvalue weighted by molar-refractivity contribution is 0.192. The Kier molecular flexibility index (Phi) is 5.65. The van der Waals surface area contributed by atoms with E-state index in [0.717, 1.165) is 61.4 Å². The zero-order chi connectivity index (χ0) is 23.9. The average Bonchev–Trinajstić information content (AvgIpc) is 3.36. The first-order valence-corrected chi connectivity index (χ1v) is 12.2. The van der Waals surface area contributed by atoms with Gasteiger partial charge in [-0.05, 0) is 86.0 Å². The highest BCUT2D eigenvalue weighted by atomic mass is 19.1. The van der Waals surface area contributed by atoms with Crippen LogP contribution < -0.4 is 10.7 Å². The Morgan fingerprint density at radius 3 is 2.54 bits per heavy atom. The van der Waals surface area contributed by atoms with Crippen LogP contribution in [0.5, 0.6) is 0 Å². The third-order valence-electron chi connectivity index (χ3n) is 7.43. The van der Waals surface area contributed by atoms with E-state index in [9.17, 15) is 13.6 Å². The van der Waals surface area contributed by atoms with Gasteiger partial charge in [-0.25, -0.2) is 13.6 Å². The number of hydrogen-bond acceptors (Lipinski definition) is 4. The molecule has 2 aliphatic heterocycles. The molecule has 1 saturated heterocycles. The Labute approximate surface area is 202 Å². The predicted molar refractivity (Wildman–Crippen MR) is 132 cm³/mol. The van der Waals surface area contributed by atoms with Crippen LogP contribution >= 0.6 is 0 Å². The van der Waals surface area contributed by atoms with Crippen LogP contribution in [0, 0.1) is 11.6 Å². The number of aromatic nitrogens is 1. The molecule has 0 aliphatic carbocycles. The van der Waals surface area contributed by atoms with Crippen molar-refractivity contribution in [3.63, 3.8) is 0 Å². The van der Waals surface area contributed by atoms with E-state index in [1.54, 1.807) is 22.8 Å². The highest BCUT2D eigenvalue weighted by Gasteiger charge is 2.42. The molecule has 7 heteroatoms. The molecule has 0 spiro atoms. The summed E-state index contributed by atoms with van der Waals surface area (Å²) >= 11 is 0. The van der Waals surface area contributed by atoms with Gasteiger partial charge in [-0.3, -0.25) is 4.57 Å². The molecule has 180 valence electrons. The Morgan fingerprint density at radius 2 is 1.69 bits per heavy atom.